The van der Waals surface area contributed by atoms with Crippen molar-refractivity contribution in [1.82, 2.24) is 20.0 Å². The Morgan fingerprint density at radius 3 is 2.26 bits per heavy atom. The first-order chi connectivity index (χ1) is 16.2. The minimum absolute atomic E-state index is 0.0218. The molecule has 4 heterocycles. The van der Waals surface area contributed by atoms with E-state index in [9.17, 15) is 24.0 Å². The monoisotopic (exact) mass is 476 g/mol. The molecular weight excluding hydrogens is 440 g/mol. The maximum Gasteiger partial charge on any atom is 0.329 e. The minimum atomic E-state index is -0.832. The van der Waals surface area contributed by atoms with E-state index in [1.165, 1.54) is 4.90 Å². The molecule has 4 rings (SSSR count). The van der Waals surface area contributed by atoms with Crippen LogP contribution in [0.5, 0.6) is 0 Å². The van der Waals surface area contributed by atoms with E-state index in [-0.39, 0.29) is 36.0 Å². The van der Waals surface area contributed by atoms with Crippen molar-refractivity contribution in [3.8, 4) is 0 Å². The van der Waals surface area contributed by atoms with Crippen LogP contribution in [0.2, 0.25) is 0 Å². The first-order valence-corrected chi connectivity index (χ1v) is 12.6. The number of cyclic esters (lactones) is 1. The van der Waals surface area contributed by atoms with E-state index in [2.05, 4.69) is 5.32 Å². The second kappa shape index (κ2) is 9.92. The summed E-state index contributed by atoms with van der Waals surface area (Å²) in [5.41, 5.74) is 0. The van der Waals surface area contributed by atoms with E-state index in [0.717, 1.165) is 12.8 Å². The van der Waals surface area contributed by atoms with Crippen molar-refractivity contribution in [2.24, 2.45) is 5.92 Å². The number of carbonyl (C=O) groups is 5. The van der Waals surface area contributed by atoms with Gasteiger partial charge in [-0.1, -0.05) is 6.92 Å². The fraction of sp³-hybridized carbons (Fsp3) is 0.792. The van der Waals surface area contributed by atoms with Gasteiger partial charge in [-0.15, -0.1) is 0 Å². The smallest absolute Gasteiger partial charge is 0.329 e. The summed E-state index contributed by atoms with van der Waals surface area (Å²) in [6.07, 6.45) is 3.17. The predicted octanol–water partition coefficient (Wildman–Crippen LogP) is 0.436. The SMILES string of the molecule is CC1CC2C(=O)OC(C)CC(=O)N3CCCC3C(=O)N3CCCC[C@H]3C(=O)NC(C)C(=O)N2C1. The third-order valence-corrected chi connectivity index (χ3v) is 7.52. The van der Waals surface area contributed by atoms with Crippen LogP contribution in [0.3, 0.4) is 0 Å². The lowest BCUT2D eigenvalue weighted by Crippen LogP contribution is -2.59. The van der Waals surface area contributed by atoms with Crippen molar-refractivity contribution in [3.63, 3.8) is 0 Å². The molecule has 0 aromatic carbocycles. The number of hydrogen-bond acceptors (Lipinski definition) is 6. The van der Waals surface area contributed by atoms with Crippen LogP contribution in [0.1, 0.15) is 65.7 Å². The second-order valence-corrected chi connectivity index (χ2v) is 10.3. The van der Waals surface area contributed by atoms with Crippen molar-refractivity contribution in [2.45, 2.75) is 96.0 Å². The van der Waals surface area contributed by atoms with Gasteiger partial charge in [0.2, 0.25) is 23.6 Å². The van der Waals surface area contributed by atoms with Crippen LogP contribution in [0.25, 0.3) is 0 Å². The van der Waals surface area contributed by atoms with E-state index >= 15 is 0 Å². The number of ether oxygens (including phenoxy) is 1. The van der Waals surface area contributed by atoms with E-state index < -0.39 is 36.2 Å². The summed E-state index contributed by atoms with van der Waals surface area (Å²) in [5, 5.41) is 2.79. The van der Waals surface area contributed by atoms with Crippen molar-refractivity contribution in [2.75, 3.05) is 19.6 Å². The summed E-state index contributed by atoms with van der Waals surface area (Å²) in [6, 6.07) is -2.84. The molecule has 4 amide bonds. The molecule has 0 saturated carbocycles. The average molecular weight is 477 g/mol. The van der Waals surface area contributed by atoms with Gasteiger partial charge in [-0.2, -0.15) is 0 Å². The van der Waals surface area contributed by atoms with Crippen LogP contribution in [0.4, 0.5) is 0 Å². The van der Waals surface area contributed by atoms with Crippen molar-refractivity contribution in [1.29, 1.82) is 0 Å². The summed E-state index contributed by atoms with van der Waals surface area (Å²) in [5.74, 6) is -1.57. The molecule has 4 aliphatic rings. The number of piperidine rings is 1. The van der Waals surface area contributed by atoms with Gasteiger partial charge in [0.15, 0.2) is 0 Å². The summed E-state index contributed by atoms with van der Waals surface area (Å²) < 4.78 is 5.59. The number of amides is 4. The molecule has 4 aliphatic heterocycles. The standard InChI is InChI=1S/C24H36N4O6/c1-14-11-19-24(33)34-15(2)12-20(29)26-10-6-8-18(26)23(32)27-9-5-4-7-17(27)21(30)25-16(3)22(31)28(19)13-14/h14-19H,4-13H2,1-3H3,(H,25,30)/t14?,15?,16?,17-,18?,19?/m0/s1. The number of nitrogens with one attached hydrogen (secondary N) is 1. The predicted molar refractivity (Wildman–Crippen MR) is 121 cm³/mol. The second-order valence-electron chi connectivity index (χ2n) is 10.3. The maximum absolute atomic E-state index is 13.5. The molecular formula is C24H36N4O6. The van der Waals surface area contributed by atoms with Gasteiger partial charge in [-0.05, 0) is 58.3 Å². The van der Waals surface area contributed by atoms with Crippen LogP contribution < -0.4 is 5.32 Å². The number of rotatable bonds is 0. The Kier molecular flexibility index (Phi) is 7.14. The quantitative estimate of drug-likeness (QED) is 0.507. The first-order valence-electron chi connectivity index (χ1n) is 12.6. The van der Waals surface area contributed by atoms with Crippen molar-refractivity contribution in [3.05, 3.63) is 0 Å². The molecule has 4 saturated heterocycles. The highest BCUT2D eigenvalue weighted by Gasteiger charge is 2.44. The largest absolute Gasteiger partial charge is 0.461 e. The number of carbonyl (C=O) groups excluding carboxylic acids is 5. The van der Waals surface area contributed by atoms with Crippen LogP contribution in [0.15, 0.2) is 0 Å². The Morgan fingerprint density at radius 1 is 0.794 bits per heavy atom. The topological polar surface area (TPSA) is 116 Å². The highest BCUT2D eigenvalue weighted by atomic mass is 16.5. The Balaban J connectivity index is 1.64. The lowest BCUT2D eigenvalue weighted by atomic mass is 9.99. The fourth-order valence-corrected chi connectivity index (χ4v) is 5.80. The number of esters is 1. The molecule has 4 fully saturated rings. The minimum Gasteiger partial charge on any atom is -0.461 e. The summed E-state index contributed by atoms with van der Waals surface area (Å²) >= 11 is 0. The Labute approximate surface area is 200 Å². The molecule has 188 valence electrons. The number of fused-ring (bicyclic) bond motifs is 3. The van der Waals surface area contributed by atoms with Gasteiger partial charge in [0.25, 0.3) is 0 Å². The van der Waals surface area contributed by atoms with Crippen molar-refractivity contribution < 1.29 is 28.7 Å². The zero-order valence-corrected chi connectivity index (χ0v) is 20.3. The molecule has 0 spiro atoms. The highest BCUT2D eigenvalue weighted by molar-refractivity contribution is 5.95. The van der Waals surface area contributed by atoms with E-state index in [1.54, 1.807) is 23.6 Å². The first kappa shape index (κ1) is 24.5. The van der Waals surface area contributed by atoms with E-state index in [4.69, 9.17) is 4.74 Å². The summed E-state index contributed by atoms with van der Waals surface area (Å²) in [4.78, 5) is 70.6. The van der Waals surface area contributed by atoms with Gasteiger partial charge >= 0.3 is 5.97 Å². The fourth-order valence-electron chi connectivity index (χ4n) is 5.80. The summed E-state index contributed by atoms with van der Waals surface area (Å²) in [6.45, 7) is 6.57. The van der Waals surface area contributed by atoms with Gasteiger partial charge in [0.05, 0.1) is 6.42 Å². The van der Waals surface area contributed by atoms with Gasteiger partial charge in [-0.25, -0.2) is 4.79 Å². The molecule has 1 N–H and O–H groups in total. The number of nitrogens with zero attached hydrogens (tertiary/aromatic N) is 3. The zero-order valence-electron chi connectivity index (χ0n) is 20.3. The molecule has 10 heteroatoms. The van der Waals surface area contributed by atoms with Crippen LogP contribution in [0, 0.1) is 5.92 Å². The van der Waals surface area contributed by atoms with Crippen LogP contribution >= 0.6 is 0 Å². The van der Waals surface area contributed by atoms with E-state index in [1.807, 2.05) is 6.92 Å². The average Bonchev–Trinajstić information content (AvgIpc) is 3.44. The molecule has 0 bridgehead atoms. The molecule has 6 atom stereocenters. The summed E-state index contributed by atoms with van der Waals surface area (Å²) in [7, 11) is 0. The van der Waals surface area contributed by atoms with Crippen LogP contribution in [-0.2, 0) is 28.7 Å². The van der Waals surface area contributed by atoms with Crippen molar-refractivity contribution >= 4 is 29.6 Å². The lowest BCUT2D eigenvalue weighted by Gasteiger charge is -2.38. The Morgan fingerprint density at radius 2 is 1.50 bits per heavy atom. The zero-order chi connectivity index (χ0) is 24.6. The van der Waals surface area contributed by atoms with Gasteiger partial charge < -0.3 is 24.8 Å². The molecule has 0 aliphatic carbocycles. The third kappa shape index (κ3) is 4.77. The molecule has 34 heavy (non-hydrogen) atoms. The van der Waals surface area contributed by atoms with E-state index in [0.29, 0.717) is 45.3 Å². The normalized spacial score (nSPS) is 36.1. The van der Waals surface area contributed by atoms with Gasteiger partial charge in [0, 0.05) is 19.6 Å². The number of hydrogen-bond donors (Lipinski definition) is 1. The maximum atomic E-state index is 13.5. The molecule has 0 radical (unpaired) electrons. The molecule has 0 aromatic heterocycles. The Bertz CT molecular complexity index is 862. The Hall–Kier alpha value is -2.65. The molecule has 10 nitrogen and oxygen atoms in total. The van der Waals surface area contributed by atoms with Gasteiger partial charge in [0.1, 0.15) is 30.3 Å². The van der Waals surface area contributed by atoms with Gasteiger partial charge in [-0.3, -0.25) is 19.2 Å². The van der Waals surface area contributed by atoms with Crippen LogP contribution in [-0.4, -0.2) is 94.2 Å². The third-order valence-electron chi connectivity index (χ3n) is 7.52. The lowest BCUT2D eigenvalue weighted by molar-refractivity contribution is -0.160. The highest BCUT2D eigenvalue weighted by Crippen LogP contribution is 2.28. The molecule has 0 aromatic rings. The molecule has 5 unspecified atom stereocenters.